The Labute approximate surface area is 105 Å². The maximum Gasteiger partial charge on any atom is 0.326 e. The molecule has 0 amide bonds. The molecule has 1 aliphatic rings. The molecule has 18 heavy (non-hydrogen) atoms. The van der Waals surface area contributed by atoms with Crippen molar-refractivity contribution in [2.45, 2.75) is 31.7 Å². The third kappa shape index (κ3) is 1.78. The largest absolute Gasteiger partial charge is 0.326 e. The van der Waals surface area contributed by atoms with E-state index in [4.69, 9.17) is 0 Å². The van der Waals surface area contributed by atoms with Gasteiger partial charge in [-0.2, -0.15) is 0 Å². The number of benzene rings is 1. The van der Waals surface area contributed by atoms with E-state index in [1.807, 2.05) is 28.8 Å². The molecule has 0 atom stereocenters. The van der Waals surface area contributed by atoms with Crippen molar-refractivity contribution in [1.29, 1.82) is 0 Å². The van der Waals surface area contributed by atoms with Crippen molar-refractivity contribution in [2.75, 3.05) is 0 Å². The molecule has 0 radical (unpaired) electrons. The summed E-state index contributed by atoms with van der Waals surface area (Å²) in [5, 5.41) is 0. The van der Waals surface area contributed by atoms with Crippen LogP contribution in [0.15, 0.2) is 29.1 Å². The van der Waals surface area contributed by atoms with Gasteiger partial charge in [-0.05, 0) is 37.8 Å². The van der Waals surface area contributed by atoms with Crippen molar-refractivity contribution in [3.63, 3.8) is 0 Å². The van der Waals surface area contributed by atoms with Crippen LogP contribution in [-0.4, -0.2) is 15.8 Å². The average Bonchev–Trinajstić information content (AvgIpc) is 2.75. The van der Waals surface area contributed by atoms with Gasteiger partial charge in [-0.25, -0.2) is 4.79 Å². The van der Waals surface area contributed by atoms with Crippen molar-refractivity contribution in [3.05, 3.63) is 34.7 Å². The van der Waals surface area contributed by atoms with Gasteiger partial charge in [-0.1, -0.05) is 12.1 Å². The SMILES string of the molecule is O=CC1CCC(n2c(=O)[nH]c3ccccc32)CC1. The predicted octanol–water partition coefficient (Wildman–Crippen LogP) is 2.26. The van der Waals surface area contributed by atoms with Gasteiger partial charge in [0, 0.05) is 12.0 Å². The molecule has 2 aromatic rings. The zero-order valence-corrected chi connectivity index (χ0v) is 10.1. The molecule has 4 heteroatoms. The predicted molar refractivity (Wildman–Crippen MR) is 69.6 cm³/mol. The number of aromatic amines is 1. The van der Waals surface area contributed by atoms with Crippen LogP contribution >= 0.6 is 0 Å². The van der Waals surface area contributed by atoms with Gasteiger partial charge in [0.25, 0.3) is 0 Å². The summed E-state index contributed by atoms with van der Waals surface area (Å²) in [5.41, 5.74) is 1.82. The number of carbonyl (C=O) groups is 1. The first-order chi connectivity index (χ1) is 8.79. The highest BCUT2D eigenvalue weighted by molar-refractivity contribution is 5.75. The number of para-hydroxylation sites is 2. The number of hydrogen-bond donors (Lipinski definition) is 1. The van der Waals surface area contributed by atoms with Gasteiger partial charge < -0.3 is 9.78 Å². The van der Waals surface area contributed by atoms with Gasteiger partial charge in [0.05, 0.1) is 11.0 Å². The molecular formula is C14H16N2O2. The van der Waals surface area contributed by atoms with Crippen LogP contribution in [-0.2, 0) is 4.79 Å². The van der Waals surface area contributed by atoms with Crippen LogP contribution in [0.2, 0.25) is 0 Å². The van der Waals surface area contributed by atoms with Crippen molar-refractivity contribution >= 4 is 17.3 Å². The Morgan fingerprint density at radius 3 is 2.61 bits per heavy atom. The Morgan fingerprint density at radius 2 is 1.89 bits per heavy atom. The summed E-state index contributed by atoms with van der Waals surface area (Å²) in [7, 11) is 0. The normalized spacial score (nSPS) is 24.2. The Bertz CT molecular complexity index is 618. The summed E-state index contributed by atoms with van der Waals surface area (Å²) in [6.45, 7) is 0. The van der Waals surface area contributed by atoms with Gasteiger partial charge in [-0.15, -0.1) is 0 Å². The van der Waals surface area contributed by atoms with Gasteiger partial charge in [0.2, 0.25) is 0 Å². The first-order valence-corrected chi connectivity index (χ1v) is 6.44. The molecule has 4 nitrogen and oxygen atoms in total. The summed E-state index contributed by atoms with van der Waals surface area (Å²) in [5.74, 6) is 0.183. The van der Waals surface area contributed by atoms with Gasteiger partial charge in [0.1, 0.15) is 6.29 Å². The molecule has 1 aromatic carbocycles. The van der Waals surface area contributed by atoms with E-state index < -0.39 is 0 Å². The van der Waals surface area contributed by atoms with E-state index in [0.29, 0.717) is 0 Å². The number of imidazole rings is 1. The highest BCUT2D eigenvalue weighted by Gasteiger charge is 2.24. The van der Waals surface area contributed by atoms with Gasteiger partial charge in [0.15, 0.2) is 0 Å². The molecule has 1 saturated carbocycles. The molecular weight excluding hydrogens is 228 g/mol. The number of aromatic nitrogens is 2. The van der Waals surface area contributed by atoms with Gasteiger partial charge in [-0.3, -0.25) is 4.57 Å². The summed E-state index contributed by atoms with van der Waals surface area (Å²) in [6, 6.07) is 7.99. The maximum atomic E-state index is 12.0. The zero-order valence-electron chi connectivity index (χ0n) is 10.1. The van der Waals surface area contributed by atoms with Crippen LogP contribution in [0.4, 0.5) is 0 Å². The molecule has 1 fully saturated rings. The lowest BCUT2D eigenvalue weighted by Gasteiger charge is -2.26. The minimum atomic E-state index is -0.0363. The Kier molecular flexibility index (Phi) is 2.78. The zero-order chi connectivity index (χ0) is 12.5. The fraction of sp³-hybridized carbons (Fsp3) is 0.429. The molecule has 0 bridgehead atoms. The summed E-state index contributed by atoms with van der Waals surface area (Å²) >= 11 is 0. The number of nitrogens with one attached hydrogen (secondary N) is 1. The van der Waals surface area contributed by atoms with Crippen LogP contribution in [0, 0.1) is 5.92 Å². The van der Waals surface area contributed by atoms with Crippen molar-refractivity contribution in [2.24, 2.45) is 5.92 Å². The summed E-state index contributed by atoms with van der Waals surface area (Å²) in [4.78, 5) is 25.7. The second-order valence-corrected chi connectivity index (χ2v) is 5.02. The van der Waals surface area contributed by atoms with E-state index in [-0.39, 0.29) is 17.6 Å². The third-order valence-electron chi connectivity index (χ3n) is 3.92. The number of aldehydes is 1. The van der Waals surface area contributed by atoms with Crippen molar-refractivity contribution < 1.29 is 4.79 Å². The maximum absolute atomic E-state index is 12.0. The summed E-state index contributed by atoms with van der Waals surface area (Å²) < 4.78 is 1.86. The second kappa shape index (κ2) is 4.44. The van der Waals surface area contributed by atoms with Crippen LogP contribution < -0.4 is 5.69 Å². The Balaban J connectivity index is 1.97. The molecule has 0 aliphatic heterocycles. The molecule has 1 heterocycles. The first kappa shape index (κ1) is 11.3. The number of nitrogens with zero attached hydrogens (tertiary/aromatic N) is 1. The number of hydrogen-bond acceptors (Lipinski definition) is 2. The van der Waals surface area contributed by atoms with Gasteiger partial charge >= 0.3 is 5.69 Å². The van der Waals surface area contributed by atoms with Crippen molar-refractivity contribution in [1.82, 2.24) is 9.55 Å². The molecule has 1 aromatic heterocycles. The van der Waals surface area contributed by atoms with E-state index in [1.54, 1.807) is 0 Å². The van der Waals surface area contributed by atoms with E-state index in [1.165, 1.54) is 0 Å². The molecule has 0 unspecified atom stereocenters. The van der Waals surface area contributed by atoms with E-state index >= 15 is 0 Å². The van der Waals surface area contributed by atoms with Crippen LogP contribution in [0.1, 0.15) is 31.7 Å². The standard InChI is InChI=1S/C14H16N2O2/c17-9-10-5-7-11(8-6-10)16-13-4-2-1-3-12(13)15-14(16)18/h1-4,9-11H,5-8H2,(H,15,18). The molecule has 0 spiro atoms. The minimum Gasteiger partial charge on any atom is -0.306 e. The lowest BCUT2D eigenvalue weighted by molar-refractivity contribution is -0.112. The van der Waals surface area contributed by atoms with E-state index in [2.05, 4.69) is 4.98 Å². The fourth-order valence-corrected chi connectivity index (χ4v) is 2.93. The molecule has 0 saturated heterocycles. The second-order valence-electron chi connectivity index (χ2n) is 5.02. The first-order valence-electron chi connectivity index (χ1n) is 6.44. The lowest BCUT2D eigenvalue weighted by Crippen LogP contribution is -2.26. The highest BCUT2D eigenvalue weighted by Crippen LogP contribution is 2.31. The smallest absolute Gasteiger partial charge is 0.306 e. The van der Waals surface area contributed by atoms with Crippen LogP contribution in [0.3, 0.4) is 0 Å². The topological polar surface area (TPSA) is 54.9 Å². The quantitative estimate of drug-likeness (QED) is 0.824. The summed E-state index contributed by atoms with van der Waals surface area (Å²) in [6.07, 6.45) is 4.64. The minimum absolute atomic E-state index is 0.0363. The van der Waals surface area contributed by atoms with E-state index in [0.717, 1.165) is 43.0 Å². The molecule has 3 rings (SSSR count). The molecule has 1 N–H and O–H groups in total. The number of H-pyrrole nitrogens is 1. The Morgan fingerprint density at radius 1 is 1.17 bits per heavy atom. The average molecular weight is 244 g/mol. The molecule has 1 aliphatic carbocycles. The number of carbonyl (C=O) groups excluding carboxylic acids is 1. The van der Waals surface area contributed by atoms with Crippen LogP contribution in [0.25, 0.3) is 11.0 Å². The van der Waals surface area contributed by atoms with Crippen LogP contribution in [0.5, 0.6) is 0 Å². The number of fused-ring (bicyclic) bond motifs is 1. The fourth-order valence-electron chi connectivity index (χ4n) is 2.93. The van der Waals surface area contributed by atoms with E-state index in [9.17, 15) is 9.59 Å². The lowest BCUT2D eigenvalue weighted by atomic mass is 9.87. The third-order valence-corrected chi connectivity index (χ3v) is 3.92. The van der Waals surface area contributed by atoms with Crippen molar-refractivity contribution in [3.8, 4) is 0 Å². The molecule has 94 valence electrons. The highest BCUT2D eigenvalue weighted by atomic mass is 16.1. The Hall–Kier alpha value is -1.84. The number of rotatable bonds is 2. The monoisotopic (exact) mass is 244 g/mol.